The van der Waals surface area contributed by atoms with E-state index in [1.165, 1.54) is 0 Å². The predicted octanol–water partition coefficient (Wildman–Crippen LogP) is 2.99. The summed E-state index contributed by atoms with van der Waals surface area (Å²) in [5, 5.41) is 0.361. The lowest BCUT2D eigenvalue weighted by molar-refractivity contribution is 0.0665. The minimum absolute atomic E-state index is 0.178. The molecular formula is C17H18ClNO5. The maximum atomic E-state index is 12.9. The normalized spacial score (nSPS) is 12.9. The summed E-state index contributed by atoms with van der Waals surface area (Å²) in [6.45, 7) is 2.08. The van der Waals surface area contributed by atoms with Gasteiger partial charge in [-0.25, -0.2) is 0 Å². The molecule has 3 rings (SSSR count). The number of hydrogen-bond donors (Lipinski definition) is 0. The van der Waals surface area contributed by atoms with E-state index in [0.717, 1.165) is 0 Å². The average molecular weight is 352 g/mol. The molecule has 0 unspecified atom stereocenters. The van der Waals surface area contributed by atoms with Crippen molar-refractivity contribution >= 4 is 17.5 Å². The van der Waals surface area contributed by atoms with Crippen LogP contribution in [0.2, 0.25) is 5.02 Å². The molecule has 24 heavy (non-hydrogen) atoms. The third-order valence-corrected chi connectivity index (χ3v) is 3.90. The number of ether oxygens (including phenoxy) is 3. The SMILES string of the molecule is COCCN(Cc1ccco1)C(=O)c1cc(Cl)c2c(c1)OCCO2. The highest BCUT2D eigenvalue weighted by Crippen LogP contribution is 2.38. The molecule has 0 saturated heterocycles. The third kappa shape index (κ3) is 3.66. The summed E-state index contributed by atoms with van der Waals surface area (Å²) in [7, 11) is 1.59. The van der Waals surface area contributed by atoms with E-state index in [2.05, 4.69) is 0 Å². The summed E-state index contributed by atoms with van der Waals surface area (Å²) in [5.74, 6) is 1.49. The van der Waals surface area contributed by atoms with E-state index in [1.807, 2.05) is 6.07 Å². The molecule has 1 aliphatic heterocycles. The van der Waals surface area contributed by atoms with Crippen LogP contribution < -0.4 is 9.47 Å². The highest BCUT2D eigenvalue weighted by molar-refractivity contribution is 6.32. The highest BCUT2D eigenvalue weighted by Gasteiger charge is 2.23. The van der Waals surface area contributed by atoms with Gasteiger partial charge >= 0.3 is 0 Å². The van der Waals surface area contributed by atoms with E-state index in [0.29, 0.717) is 60.8 Å². The van der Waals surface area contributed by atoms with Crippen LogP contribution in [0.15, 0.2) is 34.9 Å². The second-order valence-corrected chi connectivity index (χ2v) is 5.69. The van der Waals surface area contributed by atoms with Crippen LogP contribution in [0, 0.1) is 0 Å². The monoisotopic (exact) mass is 351 g/mol. The molecule has 0 saturated carbocycles. The molecule has 1 aromatic heterocycles. The lowest BCUT2D eigenvalue weighted by Gasteiger charge is -2.24. The minimum Gasteiger partial charge on any atom is -0.486 e. The van der Waals surface area contributed by atoms with Crippen LogP contribution in [0.5, 0.6) is 11.5 Å². The molecular weight excluding hydrogens is 334 g/mol. The molecule has 7 heteroatoms. The van der Waals surface area contributed by atoms with Crippen molar-refractivity contribution in [3.8, 4) is 11.5 Å². The molecule has 6 nitrogen and oxygen atoms in total. The molecule has 128 valence electrons. The van der Waals surface area contributed by atoms with Gasteiger partial charge in [0.2, 0.25) is 0 Å². The zero-order valence-electron chi connectivity index (χ0n) is 13.3. The molecule has 1 aromatic carbocycles. The van der Waals surface area contributed by atoms with Gasteiger partial charge in [-0.2, -0.15) is 0 Å². The van der Waals surface area contributed by atoms with Crippen molar-refractivity contribution in [3.63, 3.8) is 0 Å². The van der Waals surface area contributed by atoms with Crippen molar-refractivity contribution in [3.05, 3.63) is 46.9 Å². The first-order valence-electron chi connectivity index (χ1n) is 7.59. The molecule has 0 bridgehead atoms. The summed E-state index contributed by atoms with van der Waals surface area (Å²) >= 11 is 6.22. The van der Waals surface area contributed by atoms with Crippen LogP contribution in [0.1, 0.15) is 16.1 Å². The quantitative estimate of drug-likeness (QED) is 0.800. The molecule has 0 spiro atoms. The Morgan fingerprint density at radius 3 is 2.92 bits per heavy atom. The van der Waals surface area contributed by atoms with Crippen molar-refractivity contribution in [1.29, 1.82) is 0 Å². The van der Waals surface area contributed by atoms with Gasteiger partial charge in [-0.05, 0) is 24.3 Å². The molecule has 0 N–H and O–H groups in total. The van der Waals surface area contributed by atoms with Crippen molar-refractivity contribution in [2.45, 2.75) is 6.54 Å². The van der Waals surface area contributed by atoms with Gasteiger partial charge in [-0.15, -0.1) is 0 Å². The summed E-state index contributed by atoms with van der Waals surface area (Å²) in [6, 6.07) is 6.86. The Morgan fingerprint density at radius 1 is 1.33 bits per heavy atom. The molecule has 2 aromatic rings. The number of benzene rings is 1. The fourth-order valence-corrected chi connectivity index (χ4v) is 2.73. The van der Waals surface area contributed by atoms with Gasteiger partial charge in [0, 0.05) is 19.2 Å². The van der Waals surface area contributed by atoms with Gasteiger partial charge in [0.25, 0.3) is 5.91 Å². The van der Waals surface area contributed by atoms with Crippen LogP contribution in [-0.4, -0.2) is 44.3 Å². The van der Waals surface area contributed by atoms with Crippen molar-refractivity contribution < 1.29 is 23.4 Å². The number of halogens is 1. The smallest absolute Gasteiger partial charge is 0.254 e. The van der Waals surface area contributed by atoms with E-state index in [4.69, 9.17) is 30.2 Å². The number of rotatable bonds is 6. The highest BCUT2D eigenvalue weighted by atomic mass is 35.5. The first-order chi connectivity index (χ1) is 11.7. The molecule has 2 heterocycles. The van der Waals surface area contributed by atoms with Crippen LogP contribution in [0.3, 0.4) is 0 Å². The predicted molar refractivity (Wildman–Crippen MR) is 87.8 cm³/mol. The van der Waals surface area contributed by atoms with Crippen LogP contribution in [0.25, 0.3) is 0 Å². The van der Waals surface area contributed by atoms with Crippen LogP contribution >= 0.6 is 11.6 Å². The third-order valence-electron chi connectivity index (χ3n) is 3.62. The Kier molecular flexibility index (Phi) is 5.27. The Hall–Kier alpha value is -2.18. The summed E-state index contributed by atoms with van der Waals surface area (Å²) in [6.07, 6.45) is 1.58. The number of fused-ring (bicyclic) bond motifs is 1. The summed E-state index contributed by atoms with van der Waals surface area (Å²) < 4.78 is 21.5. The van der Waals surface area contributed by atoms with E-state index in [-0.39, 0.29) is 5.91 Å². The average Bonchev–Trinajstić information content (AvgIpc) is 3.11. The molecule has 1 aliphatic rings. The largest absolute Gasteiger partial charge is 0.486 e. The Bertz CT molecular complexity index is 701. The van der Waals surface area contributed by atoms with Gasteiger partial charge in [-0.1, -0.05) is 11.6 Å². The van der Waals surface area contributed by atoms with Gasteiger partial charge in [0.15, 0.2) is 11.5 Å². The van der Waals surface area contributed by atoms with Gasteiger partial charge in [0.05, 0.1) is 24.4 Å². The maximum absolute atomic E-state index is 12.9. The van der Waals surface area contributed by atoms with Crippen LogP contribution in [0.4, 0.5) is 0 Å². The number of carbonyl (C=O) groups is 1. The van der Waals surface area contributed by atoms with Gasteiger partial charge in [-0.3, -0.25) is 4.79 Å². The summed E-state index contributed by atoms with van der Waals surface area (Å²) in [5.41, 5.74) is 0.437. The number of methoxy groups -OCH3 is 1. The number of nitrogens with zero attached hydrogens (tertiary/aromatic N) is 1. The second kappa shape index (κ2) is 7.59. The zero-order valence-corrected chi connectivity index (χ0v) is 14.0. The Morgan fingerprint density at radius 2 is 2.17 bits per heavy atom. The molecule has 1 amide bonds. The number of carbonyl (C=O) groups excluding carboxylic acids is 1. The first-order valence-corrected chi connectivity index (χ1v) is 7.96. The Balaban J connectivity index is 1.84. The number of furan rings is 1. The minimum atomic E-state index is -0.178. The van der Waals surface area contributed by atoms with Crippen molar-refractivity contribution in [2.24, 2.45) is 0 Å². The number of hydrogen-bond acceptors (Lipinski definition) is 5. The second-order valence-electron chi connectivity index (χ2n) is 5.28. The molecule has 0 atom stereocenters. The van der Waals surface area contributed by atoms with E-state index < -0.39 is 0 Å². The van der Waals surface area contributed by atoms with Crippen LogP contribution in [-0.2, 0) is 11.3 Å². The van der Waals surface area contributed by atoms with E-state index in [1.54, 1.807) is 36.5 Å². The van der Waals surface area contributed by atoms with E-state index in [9.17, 15) is 4.79 Å². The number of amides is 1. The topological polar surface area (TPSA) is 61.1 Å². The maximum Gasteiger partial charge on any atom is 0.254 e. The van der Waals surface area contributed by atoms with E-state index >= 15 is 0 Å². The fourth-order valence-electron chi connectivity index (χ4n) is 2.46. The lowest BCUT2D eigenvalue weighted by atomic mass is 10.1. The first kappa shape index (κ1) is 16.7. The van der Waals surface area contributed by atoms with Crippen molar-refractivity contribution in [1.82, 2.24) is 4.90 Å². The molecule has 0 radical (unpaired) electrons. The lowest BCUT2D eigenvalue weighted by Crippen LogP contribution is -2.33. The zero-order chi connectivity index (χ0) is 16.9. The van der Waals surface area contributed by atoms with Crippen molar-refractivity contribution in [2.75, 3.05) is 33.5 Å². The van der Waals surface area contributed by atoms with Gasteiger partial charge in [0.1, 0.15) is 19.0 Å². The Labute approximate surface area is 144 Å². The molecule has 0 aliphatic carbocycles. The summed E-state index contributed by atoms with van der Waals surface area (Å²) in [4.78, 5) is 14.5. The fraction of sp³-hybridized carbons (Fsp3) is 0.353. The molecule has 0 fully saturated rings. The standard InChI is InChI=1S/C17H18ClNO5/c1-21-6-4-19(11-13-3-2-5-22-13)17(20)12-9-14(18)16-15(10-12)23-7-8-24-16/h2-3,5,9-10H,4,6-8,11H2,1H3. The van der Waals surface area contributed by atoms with Gasteiger partial charge < -0.3 is 23.5 Å².